The smallest absolute Gasteiger partial charge is 0.406 e. The predicted molar refractivity (Wildman–Crippen MR) is 54.5 cm³/mol. The Morgan fingerprint density at radius 1 is 1.22 bits per heavy atom. The fraction of sp³-hybridized carbons (Fsp3) is 0.182. The molecule has 0 atom stereocenters. The monoisotopic (exact) mass is 259 g/mol. The molecule has 0 aliphatic carbocycles. The lowest BCUT2D eigenvalue weighted by Gasteiger charge is -2.08. The van der Waals surface area contributed by atoms with Crippen molar-refractivity contribution < 1.29 is 27.5 Å². The summed E-state index contributed by atoms with van der Waals surface area (Å²) in [5.74, 6) is -0.0299. The van der Waals surface area contributed by atoms with Crippen LogP contribution in [0.25, 0.3) is 11.3 Å². The summed E-state index contributed by atoms with van der Waals surface area (Å²) in [6.07, 6.45) is -4.71. The number of hydrogen-bond donors (Lipinski definition) is 1. The van der Waals surface area contributed by atoms with E-state index >= 15 is 0 Å². The number of hydrogen-bond acceptors (Lipinski definition) is 4. The van der Waals surface area contributed by atoms with Gasteiger partial charge < -0.3 is 14.4 Å². The first kappa shape index (κ1) is 12.4. The zero-order valence-corrected chi connectivity index (χ0v) is 8.94. The van der Waals surface area contributed by atoms with E-state index in [1.54, 1.807) is 0 Å². The molecule has 0 aliphatic rings. The molecule has 2 rings (SSSR count). The van der Waals surface area contributed by atoms with Crippen molar-refractivity contribution in [3.8, 4) is 17.0 Å². The predicted octanol–water partition coefficient (Wildman–Crippen LogP) is 2.73. The minimum atomic E-state index is -4.71. The Morgan fingerprint density at radius 3 is 2.39 bits per heavy atom. The Kier molecular flexibility index (Phi) is 3.24. The molecule has 7 heteroatoms. The first-order chi connectivity index (χ1) is 8.48. The highest BCUT2D eigenvalue weighted by atomic mass is 19.4. The van der Waals surface area contributed by atoms with E-state index in [0.29, 0.717) is 11.3 Å². The van der Waals surface area contributed by atoms with Crippen LogP contribution in [0.5, 0.6) is 5.75 Å². The fourth-order valence-electron chi connectivity index (χ4n) is 1.35. The molecule has 96 valence electrons. The minimum absolute atomic E-state index is 0.278. The largest absolute Gasteiger partial charge is 0.573 e. The Hall–Kier alpha value is -2.02. The van der Waals surface area contributed by atoms with Crippen LogP contribution in [0.1, 0.15) is 5.76 Å². The second kappa shape index (κ2) is 4.69. The quantitative estimate of drug-likeness (QED) is 0.920. The number of aromatic nitrogens is 1. The molecule has 0 amide bonds. The molecule has 1 aromatic carbocycles. The number of nitrogens with zero attached hydrogens (tertiary/aromatic N) is 1. The minimum Gasteiger partial charge on any atom is -0.406 e. The van der Waals surface area contributed by atoms with E-state index in [-0.39, 0.29) is 18.1 Å². The molecule has 0 aliphatic heterocycles. The SMILES string of the molecule is OCc1cc(-c2ccc(OC(F)(F)F)cc2)no1. The average molecular weight is 259 g/mol. The van der Waals surface area contributed by atoms with Crippen molar-refractivity contribution in [2.75, 3.05) is 0 Å². The molecule has 0 unspecified atom stereocenters. The van der Waals surface area contributed by atoms with Crippen LogP contribution >= 0.6 is 0 Å². The van der Waals surface area contributed by atoms with Crippen LogP contribution in [0.15, 0.2) is 34.9 Å². The van der Waals surface area contributed by atoms with Crippen LogP contribution in [0.4, 0.5) is 13.2 Å². The molecule has 4 nitrogen and oxygen atoms in total. The van der Waals surface area contributed by atoms with Crippen LogP contribution < -0.4 is 4.74 Å². The van der Waals surface area contributed by atoms with E-state index in [9.17, 15) is 13.2 Å². The number of halogens is 3. The molecular formula is C11H8F3NO3. The van der Waals surface area contributed by atoms with Crippen molar-refractivity contribution in [2.45, 2.75) is 13.0 Å². The van der Waals surface area contributed by atoms with Gasteiger partial charge in [-0.15, -0.1) is 13.2 Å². The summed E-state index contributed by atoms with van der Waals surface area (Å²) in [6.45, 7) is -0.289. The highest BCUT2D eigenvalue weighted by molar-refractivity contribution is 5.59. The van der Waals surface area contributed by atoms with E-state index in [1.165, 1.54) is 30.3 Å². The summed E-state index contributed by atoms with van der Waals surface area (Å²) in [4.78, 5) is 0. The van der Waals surface area contributed by atoms with Gasteiger partial charge >= 0.3 is 6.36 Å². The number of alkyl halides is 3. The van der Waals surface area contributed by atoms with E-state index in [0.717, 1.165) is 0 Å². The van der Waals surface area contributed by atoms with Gasteiger partial charge in [-0.25, -0.2) is 0 Å². The molecule has 0 fully saturated rings. The highest BCUT2D eigenvalue weighted by Crippen LogP contribution is 2.26. The van der Waals surface area contributed by atoms with Crippen LogP contribution in [0.3, 0.4) is 0 Å². The lowest BCUT2D eigenvalue weighted by atomic mass is 10.1. The second-order valence-electron chi connectivity index (χ2n) is 3.41. The molecule has 2 aromatic rings. The Labute approximate surface area is 99.6 Å². The number of rotatable bonds is 3. The van der Waals surface area contributed by atoms with Crippen LogP contribution in [0.2, 0.25) is 0 Å². The molecule has 1 aromatic heterocycles. The van der Waals surface area contributed by atoms with Gasteiger partial charge in [0.2, 0.25) is 0 Å². The van der Waals surface area contributed by atoms with Gasteiger partial charge in [0.1, 0.15) is 18.1 Å². The maximum absolute atomic E-state index is 11.9. The van der Waals surface area contributed by atoms with Crippen molar-refractivity contribution in [1.82, 2.24) is 5.16 Å². The molecule has 0 radical (unpaired) electrons. The summed E-state index contributed by atoms with van der Waals surface area (Å²) in [5.41, 5.74) is 0.991. The van der Waals surface area contributed by atoms with Gasteiger partial charge in [-0.2, -0.15) is 0 Å². The third-order valence-electron chi connectivity index (χ3n) is 2.10. The number of ether oxygens (including phenoxy) is 1. The van der Waals surface area contributed by atoms with Crippen LogP contribution in [-0.4, -0.2) is 16.6 Å². The van der Waals surface area contributed by atoms with Gasteiger partial charge in [-0.05, 0) is 24.3 Å². The second-order valence-corrected chi connectivity index (χ2v) is 3.41. The molecule has 0 bridgehead atoms. The van der Waals surface area contributed by atoms with Gasteiger partial charge in [0.05, 0.1) is 0 Å². The molecular weight excluding hydrogens is 251 g/mol. The Balaban J connectivity index is 2.17. The van der Waals surface area contributed by atoms with E-state index in [4.69, 9.17) is 9.63 Å². The summed E-state index contributed by atoms with van der Waals surface area (Å²) >= 11 is 0. The van der Waals surface area contributed by atoms with Gasteiger partial charge in [0.15, 0.2) is 5.76 Å². The third-order valence-corrected chi connectivity index (χ3v) is 2.10. The van der Waals surface area contributed by atoms with Gasteiger partial charge in [0, 0.05) is 11.6 Å². The maximum Gasteiger partial charge on any atom is 0.573 e. The van der Waals surface area contributed by atoms with E-state index < -0.39 is 6.36 Å². The third kappa shape index (κ3) is 3.01. The lowest BCUT2D eigenvalue weighted by molar-refractivity contribution is -0.274. The standard InChI is InChI=1S/C11H8F3NO3/c12-11(13,14)17-8-3-1-7(2-4-8)10-5-9(6-16)18-15-10/h1-5,16H,6H2. The fourth-order valence-corrected chi connectivity index (χ4v) is 1.35. The first-order valence-corrected chi connectivity index (χ1v) is 4.90. The highest BCUT2D eigenvalue weighted by Gasteiger charge is 2.30. The average Bonchev–Trinajstić information content (AvgIpc) is 2.76. The van der Waals surface area contributed by atoms with Crippen molar-refractivity contribution in [3.05, 3.63) is 36.1 Å². The topological polar surface area (TPSA) is 55.5 Å². The molecule has 1 heterocycles. The van der Waals surface area contributed by atoms with Crippen molar-refractivity contribution >= 4 is 0 Å². The summed E-state index contributed by atoms with van der Waals surface area (Å²) in [6, 6.07) is 6.69. The van der Waals surface area contributed by atoms with Crippen LogP contribution in [0, 0.1) is 0 Å². The number of benzene rings is 1. The Morgan fingerprint density at radius 2 is 1.89 bits per heavy atom. The molecule has 0 saturated carbocycles. The van der Waals surface area contributed by atoms with Crippen molar-refractivity contribution in [1.29, 1.82) is 0 Å². The molecule has 18 heavy (non-hydrogen) atoms. The number of aliphatic hydroxyl groups is 1. The normalized spacial score (nSPS) is 11.6. The maximum atomic E-state index is 11.9. The molecule has 0 saturated heterocycles. The van der Waals surface area contributed by atoms with Crippen molar-refractivity contribution in [3.63, 3.8) is 0 Å². The molecule has 1 N–H and O–H groups in total. The zero-order chi connectivity index (χ0) is 13.2. The molecule has 0 spiro atoms. The van der Waals surface area contributed by atoms with Gasteiger partial charge in [-0.3, -0.25) is 0 Å². The zero-order valence-electron chi connectivity index (χ0n) is 8.94. The van der Waals surface area contributed by atoms with Gasteiger partial charge in [-0.1, -0.05) is 5.16 Å². The first-order valence-electron chi connectivity index (χ1n) is 4.90. The van der Waals surface area contributed by atoms with Crippen molar-refractivity contribution in [2.24, 2.45) is 0 Å². The van der Waals surface area contributed by atoms with E-state index in [2.05, 4.69) is 9.89 Å². The number of aliphatic hydroxyl groups excluding tert-OH is 1. The summed E-state index contributed by atoms with van der Waals surface area (Å²) in [7, 11) is 0. The lowest BCUT2D eigenvalue weighted by Crippen LogP contribution is -2.16. The van der Waals surface area contributed by atoms with E-state index in [1.807, 2.05) is 0 Å². The van der Waals surface area contributed by atoms with Crippen LogP contribution in [-0.2, 0) is 6.61 Å². The Bertz CT molecular complexity index is 519. The summed E-state index contributed by atoms with van der Waals surface area (Å²) < 4.78 is 44.3. The van der Waals surface area contributed by atoms with Gasteiger partial charge in [0.25, 0.3) is 0 Å². The summed E-state index contributed by atoms with van der Waals surface area (Å²) in [5, 5.41) is 12.5.